The van der Waals surface area contributed by atoms with Crippen LogP contribution in [-0.2, 0) is 6.42 Å². The number of nitrogens with zero attached hydrogens (tertiary/aromatic N) is 6. The van der Waals surface area contributed by atoms with Gasteiger partial charge in [0.25, 0.3) is 0 Å². The van der Waals surface area contributed by atoms with Gasteiger partial charge in [-0.05, 0) is 67.5 Å². The molecule has 0 bridgehead atoms. The zero-order valence-corrected chi connectivity index (χ0v) is 22.7. The Kier molecular flexibility index (Phi) is 6.19. The zero-order valence-electron chi connectivity index (χ0n) is 21.9. The predicted molar refractivity (Wildman–Crippen MR) is 156 cm³/mol. The molecule has 0 atom stereocenters. The molecule has 1 aromatic carbocycles. The summed E-state index contributed by atoms with van der Waals surface area (Å²) in [4.78, 5) is 23.0. The molecule has 4 heterocycles. The molecule has 39 heavy (non-hydrogen) atoms. The number of ether oxygens (including phenoxy) is 1. The van der Waals surface area contributed by atoms with Gasteiger partial charge in [0, 0.05) is 55.9 Å². The maximum absolute atomic E-state index is 6.77. The van der Waals surface area contributed by atoms with Gasteiger partial charge in [-0.15, -0.1) is 0 Å². The lowest BCUT2D eigenvalue weighted by Gasteiger charge is -2.36. The summed E-state index contributed by atoms with van der Waals surface area (Å²) in [6.45, 7) is 6.31. The third-order valence-corrected chi connectivity index (χ3v) is 8.12. The molecule has 3 aromatic rings. The third-order valence-electron chi connectivity index (χ3n) is 7.73. The quantitative estimate of drug-likeness (QED) is 0.426. The van der Waals surface area contributed by atoms with Crippen LogP contribution in [0.15, 0.2) is 64.9 Å². The van der Waals surface area contributed by atoms with Crippen LogP contribution in [0.25, 0.3) is 6.08 Å². The van der Waals surface area contributed by atoms with E-state index in [1.807, 2.05) is 24.5 Å². The second-order valence-corrected chi connectivity index (χ2v) is 11.0. The van der Waals surface area contributed by atoms with E-state index in [1.54, 1.807) is 0 Å². The SMILES string of the molecule is CC1=Cc2c(ccc(Oc3nc(NC4=NCC(C5CC5)=C4)cc(N4CCN(c5ccncc5)CC4)n3)c2Cl)C1. The van der Waals surface area contributed by atoms with Crippen LogP contribution in [0.1, 0.15) is 30.9 Å². The number of allylic oxidation sites excluding steroid dienone is 1. The molecule has 8 nitrogen and oxygen atoms in total. The van der Waals surface area contributed by atoms with Crippen LogP contribution in [-0.4, -0.2) is 53.5 Å². The van der Waals surface area contributed by atoms with E-state index in [4.69, 9.17) is 31.3 Å². The van der Waals surface area contributed by atoms with Crippen LogP contribution in [0, 0.1) is 5.92 Å². The number of benzene rings is 1. The Morgan fingerprint density at radius 2 is 1.77 bits per heavy atom. The maximum Gasteiger partial charge on any atom is 0.325 e. The minimum Gasteiger partial charge on any atom is -0.423 e. The van der Waals surface area contributed by atoms with Crippen molar-refractivity contribution in [1.29, 1.82) is 0 Å². The molecule has 2 fully saturated rings. The average Bonchev–Trinajstić information content (AvgIpc) is 3.58. The van der Waals surface area contributed by atoms with E-state index >= 15 is 0 Å². The Labute approximate surface area is 233 Å². The maximum atomic E-state index is 6.77. The normalized spacial score (nSPS) is 18.5. The van der Waals surface area contributed by atoms with Crippen molar-refractivity contribution in [2.45, 2.75) is 26.2 Å². The summed E-state index contributed by atoms with van der Waals surface area (Å²) < 4.78 is 6.24. The Morgan fingerprint density at radius 1 is 0.974 bits per heavy atom. The van der Waals surface area contributed by atoms with Crippen LogP contribution in [0.3, 0.4) is 0 Å². The monoisotopic (exact) mass is 539 g/mol. The summed E-state index contributed by atoms with van der Waals surface area (Å²) in [7, 11) is 0. The number of pyridine rings is 1. The van der Waals surface area contributed by atoms with E-state index < -0.39 is 0 Å². The molecule has 0 amide bonds. The summed E-state index contributed by atoms with van der Waals surface area (Å²) in [5, 5.41) is 4.01. The number of piperazine rings is 1. The Bertz CT molecular complexity index is 1510. The number of aliphatic imine (C=N–C) groups is 1. The fourth-order valence-electron chi connectivity index (χ4n) is 5.48. The van der Waals surface area contributed by atoms with Crippen molar-refractivity contribution in [3.8, 4) is 11.8 Å². The van der Waals surface area contributed by atoms with Gasteiger partial charge in [-0.25, -0.2) is 0 Å². The number of rotatable bonds is 6. The number of hydrogen-bond acceptors (Lipinski definition) is 8. The Balaban J connectivity index is 1.16. The van der Waals surface area contributed by atoms with Gasteiger partial charge in [-0.2, -0.15) is 9.97 Å². The number of nitrogens with one attached hydrogen (secondary N) is 1. The molecule has 4 aliphatic rings. The molecule has 0 spiro atoms. The molecule has 9 heteroatoms. The van der Waals surface area contributed by atoms with Gasteiger partial charge in [0.1, 0.15) is 23.2 Å². The van der Waals surface area contributed by atoms with Crippen molar-refractivity contribution < 1.29 is 4.74 Å². The molecule has 7 rings (SSSR count). The molecule has 2 aromatic heterocycles. The summed E-state index contributed by atoms with van der Waals surface area (Å²) in [5.74, 6) is 3.57. The van der Waals surface area contributed by atoms with Crippen molar-refractivity contribution in [1.82, 2.24) is 15.0 Å². The van der Waals surface area contributed by atoms with Crippen LogP contribution >= 0.6 is 11.6 Å². The first-order chi connectivity index (χ1) is 19.1. The smallest absolute Gasteiger partial charge is 0.325 e. The molecule has 1 N–H and O–H groups in total. The van der Waals surface area contributed by atoms with E-state index in [0.29, 0.717) is 22.5 Å². The summed E-state index contributed by atoms with van der Waals surface area (Å²) >= 11 is 6.77. The fraction of sp³-hybridized carbons (Fsp3) is 0.333. The van der Waals surface area contributed by atoms with E-state index in [9.17, 15) is 0 Å². The van der Waals surface area contributed by atoms with Gasteiger partial charge in [-0.1, -0.05) is 29.3 Å². The lowest BCUT2D eigenvalue weighted by atomic mass is 10.1. The third kappa shape index (κ3) is 5.08. The van der Waals surface area contributed by atoms with Crippen molar-refractivity contribution in [3.05, 3.63) is 76.1 Å². The van der Waals surface area contributed by atoms with Gasteiger partial charge in [-0.3, -0.25) is 9.98 Å². The highest BCUT2D eigenvalue weighted by Gasteiger charge is 2.28. The molecule has 2 aliphatic carbocycles. The van der Waals surface area contributed by atoms with Crippen LogP contribution in [0.5, 0.6) is 11.8 Å². The number of hydrogen-bond donors (Lipinski definition) is 1. The Morgan fingerprint density at radius 3 is 2.56 bits per heavy atom. The first kappa shape index (κ1) is 24.2. The molecule has 1 saturated carbocycles. The molecular weight excluding hydrogens is 510 g/mol. The van der Waals surface area contributed by atoms with Crippen molar-refractivity contribution in [2.24, 2.45) is 10.9 Å². The topological polar surface area (TPSA) is 78.8 Å². The molecule has 198 valence electrons. The van der Waals surface area contributed by atoms with Gasteiger partial charge in [0.2, 0.25) is 0 Å². The van der Waals surface area contributed by atoms with Crippen LogP contribution < -0.4 is 19.9 Å². The fourth-order valence-corrected chi connectivity index (χ4v) is 5.76. The first-order valence-electron chi connectivity index (χ1n) is 13.6. The van der Waals surface area contributed by atoms with E-state index in [2.05, 4.69) is 57.4 Å². The van der Waals surface area contributed by atoms with Gasteiger partial charge >= 0.3 is 6.01 Å². The number of anilines is 3. The number of fused-ring (bicyclic) bond motifs is 1. The molecule has 0 radical (unpaired) electrons. The second-order valence-electron chi connectivity index (χ2n) is 10.6. The summed E-state index contributed by atoms with van der Waals surface area (Å²) in [5.41, 5.74) is 6.11. The van der Waals surface area contributed by atoms with E-state index in [-0.39, 0.29) is 6.01 Å². The van der Waals surface area contributed by atoms with Crippen LogP contribution in [0.2, 0.25) is 5.02 Å². The van der Waals surface area contributed by atoms with Crippen LogP contribution in [0.4, 0.5) is 17.3 Å². The van der Waals surface area contributed by atoms with Crippen molar-refractivity contribution in [3.63, 3.8) is 0 Å². The number of amidine groups is 1. The highest BCUT2D eigenvalue weighted by atomic mass is 35.5. The first-order valence-corrected chi connectivity index (χ1v) is 13.9. The number of aromatic nitrogens is 3. The summed E-state index contributed by atoms with van der Waals surface area (Å²) in [6.07, 6.45) is 11.4. The second kappa shape index (κ2) is 10.0. The molecule has 1 saturated heterocycles. The molecule has 0 unspecified atom stereocenters. The Hall–Kier alpha value is -3.91. The molecule has 2 aliphatic heterocycles. The molecular formula is C30H30ClN7O. The highest BCUT2D eigenvalue weighted by Crippen LogP contribution is 2.39. The largest absolute Gasteiger partial charge is 0.423 e. The standard InChI is InChI=1S/C30H30ClN7O/c1-19-14-21-4-5-25(29(31)24(21)15-19)39-30-35-27(34-26-16-22(18-33-26)20-2-3-20)17-28(36-30)38-12-10-37(11-13-38)23-6-8-32-9-7-23/h4-9,15-17,20H,2-3,10-14,18H2,1H3,(H,33,34,35,36). The van der Waals surface area contributed by atoms with Gasteiger partial charge in [0.05, 0.1) is 11.6 Å². The minimum absolute atomic E-state index is 0.261. The zero-order chi connectivity index (χ0) is 26.3. The van der Waals surface area contributed by atoms with E-state index in [0.717, 1.165) is 56.4 Å². The van der Waals surface area contributed by atoms with E-state index in [1.165, 1.54) is 35.2 Å². The summed E-state index contributed by atoms with van der Waals surface area (Å²) in [6, 6.07) is 10.3. The lowest BCUT2D eigenvalue weighted by molar-refractivity contribution is 0.442. The highest BCUT2D eigenvalue weighted by molar-refractivity contribution is 6.33. The minimum atomic E-state index is 0.261. The number of halogens is 1. The van der Waals surface area contributed by atoms with Crippen molar-refractivity contribution >= 4 is 40.8 Å². The average molecular weight is 540 g/mol. The van der Waals surface area contributed by atoms with Crippen molar-refractivity contribution in [2.75, 3.05) is 47.8 Å². The lowest BCUT2D eigenvalue weighted by Crippen LogP contribution is -2.46. The van der Waals surface area contributed by atoms with Gasteiger partial charge < -0.3 is 19.9 Å². The van der Waals surface area contributed by atoms with Gasteiger partial charge in [0.15, 0.2) is 0 Å². The predicted octanol–water partition coefficient (Wildman–Crippen LogP) is 5.76.